The first kappa shape index (κ1) is 14.3. The maximum atomic E-state index is 6.41. The Bertz CT molecular complexity index is 217. The fourth-order valence-electron chi connectivity index (χ4n) is 3.53. The van der Waals surface area contributed by atoms with Gasteiger partial charge in [-0.2, -0.15) is 0 Å². The monoisotopic (exact) mass is 253 g/mol. The number of ether oxygens (including phenoxy) is 1. The Morgan fingerprint density at radius 3 is 2.44 bits per heavy atom. The van der Waals surface area contributed by atoms with E-state index in [-0.39, 0.29) is 5.60 Å². The molecule has 2 rings (SSSR count). The second-order valence-electron chi connectivity index (χ2n) is 6.38. The largest absolute Gasteiger partial charge is 0.373 e. The van der Waals surface area contributed by atoms with E-state index in [1.54, 1.807) is 0 Å². The zero-order valence-corrected chi connectivity index (χ0v) is 12.2. The van der Waals surface area contributed by atoms with Crippen LogP contribution in [0, 0.1) is 5.92 Å². The molecule has 2 heteroatoms. The van der Waals surface area contributed by atoms with E-state index >= 15 is 0 Å². The summed E-state index contributed by atoms with van der Waals surface area (Å²) in [4.78, 5) is 0. The Morgan fingerprint density at radius 1 is 1.06 bits per heavy atom. The van der Waals surface area contributed by atoms with Gasteiger partial charge in [0, 0.05) is 6.54 Å². The van der Waals surface area contributed by atoms with Crippen LogP contribution in [0.1, 0.15) is 71.1 Å². The molecule has 0 bridgehead atoms. The summed E-state index contributed by atoms with van der Waals surface area (Å²) >= 11 is 0. The van der Waals surface area contributed by atoms with Crippen molar-refractivity contribution in [3.63, 3.8) is 0 Å². The zero-order valence-electron chi connectivity index (χ0n) is 12.2. The molecule has 0 aromatic heterocycles. The predicted molar refractivity (Wildman–Crippen MR) is 76.9 cm³/mol. The summed E-state index contributed by atoms with van der Waals surface area (Å²) in [6.45, 7) is 5.47. The van der Waals surface area contributed by atoms with Gasteiger partial charge < -0.3 is 10.1 Å². The summed E-state index contributed by atoms with van der Waals surface area (Å²) in [5.74, 6) is 0.849. The first-order valence-electron chi connectivity index (χ1n) is 8.19. The topological polar surface area (TPSA) is 21.3 Å². The lowest BCUT2D eigenvalue weighted by Gasteiger charge is -2.33. The minimum absolute atomic E-state index is 0.187. The van der Waals surface area contributed by atoms with Crippen LogP contribution in [0.4, 0.5) is 0 Å². The quantitative estimate of drug-likeness (QED) is 0.695. The maximum absolute atomic E-state index is 6.41. The van der Waals surface area contributed by atoms with Gasteiger partial charge >= 0.3 is 0 Å². The van der Waals surface area contributed by atoms with E-state index in [4.69, 9.17) is 4.74 Å². The third kappa shape index (κ3) is 4.24. The summed E-state index contributed by atoms with van der Waals surface area (Å²) in [5, 5.41) is 3.58. The van der Waals surface area contributed by atoms with Gasteiger partial charge in [0.15, 0.2) is 0 Å². The summed E-state index contributed by atoms with van der Waals surface area (Å²) in [6.07, 6.45) is 13.6. The van der Waals surface area contributed by atoms with Crippen LogP contribution in [0.15, 0.2) is 0 Å². The maximum Gasteiger partial charge on any atom is 0.0806 e. The SMILES string of the molecule is CCCNCC1(OCC2CCCCC2)CCCC1. The second-order valence-corrected chi connectivity index (χ2v) is 6.38. The number of rotatable bonds is 7. The molecule has 2 saturated carbocycles. The van der Waals surface area contributed by atoms with Crippen LogP contribution in [0.5, 0.6) is 0 Å². The van der Waals surface area contributed by atoms with Crippen LogP contribution in [0.3, 0.4) is 0 Å². The fraction of sp³-hybridized carbons (Fsp3) is 1.00. The van der Waals surface area contributed by atoms with Crippen molar-refractivity contribution in [3.05, 3.63) is 0 Å². The Kier molecular flexibility index (Phi) is 5.97. The first-order valence-corrected chi connectivity index (χ1v) is 8.19. The smallest absolute Gasteiger partial charge is 0.0806 e. The highest BCUT2D eigenvalue weighted by Crippen LogP contribution is 2.34. The second kappa shape index (κ2) is 7.49. The van der Waals surface area contributed by atoms with Crippen LogP contribution in [-0.2, 0) is 4.74 Å². The minimum atomic E-state index is 0.187. The van der Waals surface area contributed by atoms with Crippen molar-refractivity contribution in [2.45, 2.75) is 76.7 Å². The van der Waals surface area contributed by atoms with E-state index in [1.807, 2.05) is 0 Å². The van der Waals surface area contributed by atoms with Crippen LogP contribution in [0.25, 0.3) is 0 Å². The van der Waals surface area contributed by atoms with Crippen molar-refractivity contribution >= 4 is 0 Å². The molecule has 0 spiro atoms. The van der Waals surface area contributed by atoms with Gasteiger partial charge in [0.05, 0.1) is 12.2 Å². The van der Waals surface area contributed by atoms with E-state index in [0.717, 1.165) is 25.6 Å². The Morgan fingerprint density at radius 2 is 1.78 bits per heavy atom. The lowest BCUT2D eigenvalue weighted by Crippen LogP contribution is -2.42. The highest BCUT2D eigenvalue weighted by molar-refractivity contribution is 4.89. The number of hydrogen-bond acceptors (Lipinski definition) is 2. The highest BCUT2D eigenvalue weighted by Gasteiger charge is 2.35. The zero-order chi connectivity index (χ0) is 12.7. The van der Waals surface area contributed by atoms with Gasteiger partial charge in [-0.1, -0.05) is 39.0 Å². The number of hydrogen-bond donors (Lipinski definition) is 1. The highest BCUT2D eigenvalue weighted by atomic mass is 16.5. The lowest BCUT2D eigenvalue weighted by molar-refractivity contribution is -0.0592. The Labute approximate surface area is 113 Å². The summed E-state index contributed by atoms with van der Waals surface area (Å²) < 4.78 is 6.41. The van der Waals surface area contributed by atoms with Crippen LogP contribution < -0.4 is 5.32 Å². The molecule has 2 fully saturated rings. The molecule has 2 aliphatic carbocycles. The molecular weight excluding hydrogens is 222 g/mol. The van der Waals surface area contributed by atoms with E-state index in [2.05, 4.69) is 12.2 Å². The average Bonchev–Trinajstić information content (AvgIpc) is 2.87. The first-order chi connectivity index (χ1) is 8.85. The number of nitrogens with one attached hydrogen (secondary N) is 1. The Hall–Kier alpha value is -0.0800. The molecule has 0 saturated heterocycles. The van der Waals surface area contributed by atoms with Crippen LogP contribution >= 0.6 is 0 Å². The third-order valence-electron chi connectivity index (χ3n) is 4.74. The molecule has 2 aliphatic rings. The van der Waals surface area contributed by atoms with Gasteiger partial charge in [-0.15, -0.1) is 0 Å². The van der Waals surface area contributed by atoms with E-state index in [9.17, 15) is 0 Å². The van der Waals surface area contributed by atoms with Gasteiger partial charge in [0.25, 0.3) is 0 Å². The van der Waals surface area contributed by atoms with Gasteiger partial charge in [-0.25, -0.2) is 0 Å². The predicted octanol–water partition coefficient (Wildman–Crippen LogP) is 3.90. The van der Waals surface area contributed by atoms with Crippen molar-refractivity contribution in [2.24, 2.45) is 5.92 Å². The summed E-state index contributed by atoms with van der Waals surface area (Å²) in [7, 11) is 0. The molecule has 1 N–H and O–H groups in total. The molecule has 0 aromatic rings. The van der Waals surface area contributed by atoms with Crippen molar-refractivity contribution in [3.8, 4) is 0 Å². The van der Waals surface area contributed by atoms with E-state index < -0.39 is 0 Å². The molecule has 0 amide bonds. The van der Waals surface area contributed by atoms with Gasteiger partial charge in [-0.3, -0.25) is 0 Å². The standard InChI is InChI=1S/C16H31NO/c1-2-12-17-14-16(10-6-7-11-16)18-13-15-8-4-3-5-9-15/h15,17H,2-14H2,1H3. The molecule has 0 unspecified atom stereocenters. The van der Waals surface area contributed by atoms with Gasteiger partial charge in [-0.05, 0) is 44.6 Å². The van der Waals surface area contributed by atoms with E-state index in [1.165, 1.54) is 64.2 Å². The Balaban J connectivity index is 1.74. The van der Waals surface area contributed by atoms with Crippen LogP contribution in [0.2, 0.25) is 0 Å². The lowest BCUT2D eigenvalue weighted by atomic mass is 9.89. The fourth-order valence-corrected chi connectivity index (χ4v) is 3.53. The molecule has 2 nitrogen and oxygen atoms in total. The molecular formula is C16H31NO. The summed E-state index contributed by atoms with van der Waals surface area (Å²) in [5.41, 5.74) is 0.187. The van der Waals surface area contributed by atoms with Gasteiger partial charge in [0.2, 0.25) is 0 Å². The summed E-state index contributed by atoms with van der Waals surface area (Å²) in [6, 6.07) is 0. The molecule has 0 aliphatic heterocycles. The third-order valence-corrected chi connectivity index (χ3v) is 4.74. The van der Waals surface area contributed by atoms with Crippen molar-refractivity contribution in [2.75, 3.05) is 19.7 Å². The molecule has 0 atom stereocenters. The normalized spacial score (nSPS) is 24.5. The molecule has 18 heavy (non-hydrogen) atoms. The van der Waals surface area contributed by atoms with E-state index in [0.29, 0.717) is 0 Å². The van der Waals surface area contributed by atoms with Gasteiger partial charge in [0.1, 0.15) is 0 Å². The average molecular weight is 253 g/mol. The van der Waals surface area contributed by atoms with Crippen LogP contribution in [-0.4, -0.2) is 25.3 Å². The van der Waals surface area contributed by atoms with Crippen molar-refractivity contribution in [1.29, 1.82) is 0 Å². The minimum Gasteiger partial charge on any atom is -0.373 e. The molecule has 0 radical (unpaired) electrons. The molecule has 0 aromatic carbocycles. The van der Waals surface area contributed by atoms with Crippen molar-refractivity contribution in [1.82, 2.24) is 5.32 Å². The molecule has 0 heterocycles. The van der Waals surface area contributed by atoms with Crippen molar-refractivity contribution < 1.29 is 4.74 Å². The molecule has 106 valence electrons.